The van der Waals surface area contributed by atoms with Gasteiger partial charge in [-0.1, -0.05) is 62.4 Å². The van der Waals surface area contributed by atoms with E-state index in [-0.39, 0.29) is 24.4 Å². The van der Waals surface area contributed by atoms with Crippen LogP contribution < -0.4 is 27.0 Å². The molecule has 45 heavy (non-hydrogen) atoms. The number of hydrogen-bond donors (Lipinski definition) is 5. The molecule has 0 radical (unpaired) electrons. The normalized spacial score (nSPS) is 27.6. The van der Waals surface area contributed by atoms with E-state index in [1.165, 1.54) is 51.4 Å². The van der Waals surface area contributed by atoms with Gasteiger partial charge in [-0.2, -0.15) is 11.8 Å². The van der Waals surface area contributed by atoms with Crippen molar-refractivity contribution in [3.63, 3.8) is 0 Å². The van der Waals surface area contributed by atoms with Crippen LogP contribution in [0.25, 0.3) is 0 Å². The zero-order valence-corrected chi connectivity index (χ0v) is 27.6. The van der Waals surface area contributed by atoms with Crippen molar-refractivity contribution in [3.8, 4) is 0 Å². The number of amides is 4. The average Bonchev–Trinajstić information content (AvgIpc) is 3.03. The second kappa shape index (κ2) is 16.3. The second-order valence-corrected chi connectivity index (χ2v) is 15.2. The summed E-state index contributed by atoms with van der Waals surface area (Å²) < 4.78 is 0. The fourth-order valence-electron chi connectivity index (χ4n) is 8.69. The first-order valence-electron chi connectivity index (χ1n) is 17.2. The van der Waals surface area contributed by atoms with Gasteiger partial charge in [-0.05, 0) is 92.1 Å². The Morgan fingerprint density at radius 1 is 0.844 bits per heavy atom. The SMILES string of the molecule is CSCC[C@@H](NC(=O)[C@@H](N)CC1CCCCC1)C(=O)NCC(=O)N[C@@H](Cc1ccccc1)C(=O)NC1C2CC3CC(C2)CC1C3. The average molecular weight is 640 g/mol. The minimum Gasteiger partial charge on any atom is -0.351 e. The summed E-state index contributed by atoms with van der Waals surface area (Å²) in [4.78, 5) is 53.0. The van der Waals surface area contributed by atoms with E-state index in [2.05, 4.69) is 21.3 Å². The molecule has 248 valence electrons. The van der Waals surface area contributed by atoms with E-state index < -0.39 is 29.9 Å². The van der Waals surface area contributed by atoms with Crippen molar-refractivity contribution >= 4 is 35.4 Å². The highest BCUT2D eigenvalue weighted by Gasteiger charge is 2.49. The summed E-state index contributed by atoms with van der Waals surface area (Å²) in [6.45, 7) is -0.283. The molecule has 0 aromatic heterocycles. The highest BCUT2D eigenvalue weighted by molar-refractivity contribution is 7.98. The summed E-state index contributed by atoms with van der Waals surface area (Å²) in [6.07, 6.45) is 15.3. The Kier molecular flexibility index (Phi) is 12.2. The smallest absolute Gasteiger partial charge is 0.243 e. The number of carbonyl (C=O) groups is 4. The molecule has 9 nitrogen and oxygen atoms in total. The summed E-state index contributed by atoms with van der Waals surface area (Å²) in [5.74, 6) is 2.45. The van der Waals surface area contributed by atoms with Crippen LogP contribution in [0.1, 0.15) is 82.6 Å². The zero-order chi connectivity index (χ0) is 31.8. The summed E-state index contributed by atoms with van der Waals surface area (Å²) in [5.41, 5.74) is 7.20. The van der Waals surface area contributed by atoms with Gasteiger partial charge in [0.2, 0.25) is 23.6 Å². The molecule has 10 heteroatoms. The third-order valence-corrected chi connectivity index (χ3v) is 11.4. The summed E-state index contributed by atoms with van der Waals surface area (Å²) in [5, 5.41) is 11.8. The molecule has 4 bridgehead atoms. The van der Waals surface area contributed by atoms with Crippen LogP contribution in [0.4, 0.5) is 0 Å². The van der Waals surface area contributed by atoms with Crippen LogP contribution in [0.2, 0.25) is 0 Å². The molecule has 0 spiro atoms. The Balaban J connectivity index is 1.15. The third kappa shape index (κ3) is 9.47. The van der Waals surface area contributed by atoms with Gasteiger partial charge in [-0.15, -0.1) is 0 Å². The molecular formula is C35H53N5O4S. The highest BCUT2D eigenvalue weighted by atomic mass is 32.2. The Morgan fingerprint density at radius 2 is 1.51 bits per heavy atom. The Hall–Kier alpha value is -2.59. The van der Waals surface area contributed by atoms with E-state index in [4.69, 9.17) is 5.73 Å². The largest absolute Gasteiger partial charge is 0.351 e. The van der Waals surface area contributed by atoms with Gasteiger partial charge in [0.15, 0.2) is 0 Å². The van der Waals surface area contributed by atoms with Gasteiger partial charge >= 0.3 is 0 Å². The molecule has 6 N–H and O–H groups in total. The highest BCUT2D eigenvalue weighted by Crippen LogP contribution is 2.53. The lowest BCUT2D eigenvalue weighted by Crippen LogP contribution is -2.60. The molecule has 1 aromatic carbocycles. The van der Waals surface area contributed by atoms with Gasteiger partial charge in [0, 0.05) is 12.5 Å². The van der Waals surface area contributed by atoms with Crippen molar-refractivity contribution in [1.29, 1.82) is 0 Å². The standard InChI is InChI=1S/C35H53N5O4S/c1-45-13-12-29(39-33(42)28(36)19-22-8-4-2-5-9-22)34(43)37-21-31(41)38-30(20-23-10-6-3-7-11-23)35(44)40-32-26-15-24-14-25(17-26)18-27(32)16-24/h3,6-7,10-11,22,24-30,32H,2,4-5,8-9,12-21,36H2,1H3,(H,37,43)(H,38,41)(H,39,42)(H,40,44)/t24?,25?,26?,27?,28-,29+,30-,32?/m0/s1. The first kappa shape index (κ1) is 33.8. The van der Waals surface area contributed by atoms with Crippen molar-refractivity contribution in [2.45, 2.75) is 108 Å². The predicted molar refractivity (Wildman–Crippen MR) is 178 cm³/mol. The molecular weight excluding hydrogens is 586 g/mol. The number of thioether (sulfide) groups is 1. The second-order valence-electron chi connectivity index (χ2n) is 14.2. The molecule has 3 atom stereocenters. The number of nitrogens with one attached hydrogen (secondary N) is 4. The molecule has 5 saturated carbocycles. The van der Waals surface area contributed by atoms with Gasteiger partial charge < -0.3 is 27.0 Å². The maximum atomic E-state index is 13.7. The molecule has 0 saturated heterocycles. The van der Waals surface area contributed by atoms with Crippen LogP contribution in [0, 0.1) is 29.6 Å². The summed E-state index contributed by atoms with van der Waals surface area (Å²) >= 11 is 1.58. The van der Waals surface area contributed by atoms with Crippen LogP contribution >= 0.6 is 11.8 Å². The van der Waals surface area contributed by atoms with E-state index in [1.807, 2.05) is 36.6 Å². The molecule has 5 aliphatic rings. The number of nitrogens with two attached hydrogens (primary N) is 1. The molecule has 4 amide bonds. The summed E-state index contributed by atoms with van der Waals surface area (Å²) in [6, 6.07) is 7.66. The minimum atomic E-state index is -0.782. The van der Waals surface area contributed by atoms with Gasteiger partial charge in [0.05, 0.1) is 12.6 Å². The maximum Gasteiger partial charge on any atom is 0.243 e. The van der Waals surface area contributed by atoms with Crippen LogP contribution in [0.15, 0.2) is 30.3 Å². The van der Waals surface area contributed by atoms with E-state index in [0.717, 1.165) is 30.2 Å². The Bertz CT molecular complexity index is 1130. The third-order valence-electron chi connectivity index (χ3n) is 10.8. The zero-order valence-electron chi connectivity index (χ0n) is 26.8. The minimum absolute atomic E-state index is 0.159. The van der Waals surface area contributed by atoms with E-state index in [9.17, 15) is 19.2 Å². The van der Waals surface area contributed by atoms with E-state index in [0.29, 0.717) is 42.8 Å². The number of carbonyl (C=O) groups excluding carboxylic acids is 4. The lowest BCUT2D eigenvalue weighted by Gasteiger charge is -2.54. The van der Waals surface area contributed by atoms with Gasteiger partial charge in [-0.3, -0.25) is 19.2 Å². The number of benzene rings is 1. The van der Waals surface area contributed by atoms with E-state index in [1.54, 1.807) is 11.8 Å². The molecule has 1 aromatic rings. The fraction of sp³-hybridized carbons (Fsp3) is 0.714. The number of hydrogen-bond acceptors (Lipinski definition) is 6. The predicted octanol–water partition coefficient (Wildman–Crippen LogP) is 3.31. The Labute approximate surface area is 272 Å². The van der Waals surface area contributed by atoms with Crippen LogP contribution in [-0.2, 0) is 25.6 Å². The fourth-order valence-corrected chi connectivity index (χ4v) is 9.16. The van der Waals surface area contributed by atoms with Crippen LogP contribution in [-0.4, -0.2) is 66.3 Å². The molecule has 5 aliphatic carbocycles. The first-order chi connectivity index (χ1) is 21.8. The molecule has 0 aliphatic heterocycles. The summed E-state index contributed by atoms with van der Waals surface area (Å²) in [7, 11) is 0. The van der Waals surface area contributed by atoms with Gasteiger partial charge in [0.25, 0.3) is 0 Å². The van der Waals surface area contributed by atoms with Crippen molar-refractivity contribution in [3.05, 3.63) is 35.9 Å². The lowest BCUT2D eigenvalue weighted by molar-refractivity contribution is -0.132. The molecule has 0 heterocycles. The molecule has 5 fully saturated rings. The lowest BCUT2D eigenvalue weighted by atomic mass is 9.54. The van der Waals surface area contributed by atoms with Gasteiger partial charge in [0.1, 0.15) is 12.1 Å². The van der Waals surface area contributed by atoms with Crippen molar-refractivity contribution < 1.29 is 19.2 Å². The molecule has 0 unspecified atom stereocenters. The molecule has 6 rings (SSSR count). The Morgan fingerprint density at radius 3 is 2.16 bits per heavy atom. The quantitative estimate of drug-likeness (QED) is 0.199. The van der Waals surface area contributed by atoms with Gasteiger partial charge in [-0.25, -0.2) is 0 Å². The number of rotatable bonds is 15. The topological polar surface area (TPSA) is 142 Å². The van der Waals surface area contributed by atoms with Crippen molar-refractivity contribution in [1.82, 2.24) is 21.3 Å². The van der Waals surface area contributed by atoms with Crippen LogP contribution in [0.3, 0.4) is 0 Å². The van der Waals surface area contributed by atoms with E-state index >= 15 is 0 Å². The van der Waals surface area contributed by atoms with Crippen molar-refractivity contribution in [2.24, 2.45) is 35.3 Å². The first-order valence-corrected chi connectivity index (χ1v) is 18.6. The van der Waals surface area contributed by atoms with Crippen LogP contribution in [0.5, 0.6) is 0 Å². The van der Waals surface area contributed by atoms with Crippen molar-refractivity contribution in [2.75, 3.05) is 18.6 Å². The maximum absolute atomic E-state index is 13.7. The monoisotopic (exact) mass is 639 g/mol.